The summed E-state index contributed by atoms with van der Waals surface area (Å²) < 4.78 is 5.22. The molecule has 0 aromatic heterocycles. The average molecular weight is 248 g/mol. The summed E-state index contributed by atoms with van der Waals surface area (Å²) in [4.78, 5) is 2.45. The SMILES string of the molecule is CCNC1CCCN(CCOC)c2ccccc21. The van der Waals surface area contributed by atoms with Crippen LogP contribution in [0.1, 0.15) is 31.4 Å². The Morgan fingerprint density at radius 3 is 3.00 bits per heavy atom. The summed E-state index contributed by atoms with van der Waals surface area (Å²) in [6.45, 7) is 6.10. The quantitative estimate of drug-likeness (QED) is 0.867. The van der Waals surface area contributed by atoms with Crippen LogP contribution < -0.4 is 10.2 Å². The third kappa shape index (κ3) is 3.03. The largest absolute Gasteiger partial charge is 0.383 e. The van der Waals surface area contributed by atoms with Crippen molar-refractivity contribution in [2.75, 3.05) is 38.3 Å². The van der Waals surface area contributed by atoms with Gasteiger partial charge in [0.15, 0.2) is 0 Å². The van der Waals surface area contributed by atoms with Gasteiger partial charge >= 0.3 is 0 Å². The lowest BCUT2D eigenvalue weighted by Gasteiger charge is -2.25. The van der Waals surface area contributed by atoms with Crippen LogP contribution in [0.5, 0.6) is 0 Å². The van der Waals surface area contributed by atoms with Gasteiger partial charge in [-0.05, 0) is 31.0 Å². The number of nitrogens with one attached hydrogen (secondary N) is 1. The van der Waals surface area contributed by atoms with E-state index in [0.29, 0.717) is 6.04 Å². The highest BCUT2D eigenvalue weighted by Crippen LogP contribution is 2.32. The Morgan fingerprint density at radius 1 is 1.39 bits per heavy atom. The molecule has 0 aliphatic carbocycles. The van der Waals surface area contributed by atoms with E-state index in [1.807, 2.05) is 0 Å². The number of methoxy groups -OCH3 is 1. The molecule has 0 fully saturated rings. The van der Waals surface area contributed by atoms with Gasteiger partial charge in [0.05, 0.1) is 6.61 Å². The summed E-state index contributed by atoms with van der Waals surface area (Å²) in [5.41, 5.74) is 2.81. The average Bonchev–Trinajstić information content (AvgIpc) is 2.57. The Bertz CT molecular complexity index is 367. The number of hydrogen-bond acceptors (Lipinski definition) is 3. The molecule has 0 saturated carbocycles. The highest BCUT2D eigenvalue weighted by molar-refractivity contribution is 5.55. The molecule has 3 nitrogen and oxygen atoms in total. The van der Waals surface area contributed by atoms with Crippen LogP contribution in [0.2, 0.25) is 0 Å². The molecule has 1 aromatic carbocycles. The number of rotatable bonds is 5. The van der Waals surface area contributed by atoms with Gasteiger partial charge in [-0.3, -0.25) is 0 Å². The molecule has 1 aromatic rings. The first-order chi connectivity index (χ1) is 8.86. The third-order valence-electron chi connectivity index (χ3n) is 3.59. The minimum atomic E-state index is 0.499. The van der Waals surface area contributed by atoms with Crippen LogP contribution in [-0.2, 0) is 4.74 Å². The molecule has 0 amide bonds. The molecule has 1 unspecified atom stereocenters. The van der Waals surface area contributed by atoms with Crippen LogP contribution in [0.4, 0.5) is 5.69 Å². The molecular weight excluding hydrogens is 224 g/mol. The molecular formula is C15H24N2O. The fraction of sp³-hybridized carbons (Fsp3) is 0.600. The Labute approximate surface area is 110 Å². The topological polar surface area (TPSA) is 24.5 Å². The van der Waals surface area contributed by atoms with Gasteiger partial charge in [-0.1, -0.05) is 25.1 Å². The van der Waals surface area contributed by atoms with Gasteiger partial charge in [0, 0.05) is 31.9 Å². The van der Waals surface area contributed by atoms with E-state index in [1.165, 1.54) is 24.1 Å². The lowest BCUT2D eigenvalue weighted by Crippen LogP contribution is -2.28. The first-order valence-corrected chi connectivity index (χ1v) is 6.93. The van der Waals surface area contributed by atoms with Crippen molar-refractivity contribution in [3.8, 4) is 0 Å². The molecule has 0 spiro atoms. The van der Waals surface area contributed by atoms with Crippen molar-refractivity contribution in [2.24, 2.45) is 0 Å². The molecule has 18 heavy (non-hydrogen) atoms. The molecule has 1 aliphatic rings. The zero-order valence-corrected chi connectivity index (χ0v) is 11.5. The fourth-order valence-corrected chi connectivity index (χ4v) is 2.72. The van der Waals surface area contributed by atoms with Crippen LogP contribution in [-0.4, -0.2) is 33.4 Å². The van der Waals surface area contributed by atoms with Crippen molar-refractivity contribution in [2.45, 2.75) is 25.8 Å². The molecule has 0 bridgehead atoms. The maximum Gasteiger partial charge on any atom is 0.0637 e. The van der Waals surface area contributed by atoms with Crippen molar-refractivity contribution < 1.29 is 4.74 Å². The van der Waals surface area contributed by atoms with Crippen molar-refractivity contribution in [3.63, 3.8) is 0 Å². The first-order valence-electron chi connectivity index (χ1n) is 6.93. The second-order valence-electron chi connectivity index (χ2n) is 4.79. The Kier molecular flexibility index (Phi) is 5.02. The van der Waals surface area contributed by atoms with Crippen LogP contribution in [0.25, 0.3) is 0 Å². The molecule has 0 saturated heterocycles. The maximum absolute atomic E-state index is 5.22. The number of fused-ring (bicyclic) bond motifs is 1. The number of anilines is 1. The summed E-state index contributed by atoms with van der Waals surface area (Å²) in [6, 6.07) is 9.27. The fourth-order valence-electron chi connectivity index (χ4n) is 2.72. The second-order valence-corrected chi connectivity index (χ2v) is 4.79. The minimum absolute atomic E-state index is 0.499. The van der Waals surface area contributed by atoms with Crippen LogP contribution >= 0.6 is 0 Å². The van der Waals surface area contributed by atoms with E-state index in [9.17, 15) is 0 Å². The molecule has 2 rings (SSSR count). The Balaban J connectivity index is 2.23. The van der Waals surface area contributed by atoms with Crippen molar-refractivity contribution in [3.05, 3.63) is 29.8 Å². The van der Waals surface area contributed by atoms with Gasteiger partial charge in [0.25, 0.3) is 0 Å². The summed E-state index contributed by atoms with van der Waals surface area (Å²) in [5.74, 6) is 0. The number of hydrogen-bond donors (Lipinski definition) is 1. The molecule has 1 N–H and O–H groups in total. The van der Waals surface area contributed by atoms with E-state index in [2.05, 4.69) is 41.4 Å². The van der Waals surface area contributed by atoms with Crippen LogP contribution in [0, 0.1) is 0 Å². The second kappa shape index (κ2) is 6.76. The van der Waals surface area contributed by atoms with Gasteiger partial charge in [0.1, 0.15) is 0 Å². The normalized spacial score (nSPS) is 19.4. The zero-order chi connectivity index (χ0) is 12.8. The molecule has 1 aliphatic heterocycles. The highest BCUT2D eigenvalue weighted by atomic mass is 16.5. The summed E-state index contributed by atoms with van der Waals surface area (Å²) in [7, 11) is 1.77. The number of benzene rings is 1. The zero-order valence-electron chi connectivity index (χ0n) is 11.5. The summed E-state index contributed by atoms with van der Waals surface area (Å²) >= 11 is 0. The monoisotopic (exact) mass is 248 g/mol. The Hall–Kier alpha value is -1.06. The molecule has 3 heteroatoms. The van der Waals surface area contributed by atoms with Crippen molar-refractivity contribution >= 4 is 5.69 Å². The Morgan fingerprint density at radius 2 is 2.22 bits per heavy atom. The number of ether oxygens (including phenoxy) is 1. The van der Waals surface area contributed by atoms with Gasteiger partial charge in [0.2, 0.25) is 0 Å². The minimum Gasteiger partial charge on any atom is -0.383 e. The molecule has 0 radical (unpaired) electrons. The molecule has 1 heterocycles. The predicted molar refractivity (Wildman–Crippen MR) is 76.2 cm³/mol. The summed E-state index contributed by atoms with van der Waals surface area (Å²) in [6.07, 6.45) is 2.45. The number of para-hydroxylation sites is 1. The lowest BCUT2D eigenvalue weighted by molar-refractivity contribution is 0.205. The van der Waals surface area contributed by atoms with Gasteiger partial charge < -0.3 is 15.0 Å². The standard InChI is InChI=1S/C15H24N2O/c1-3-16-14-8-6-10-17(11-12-18-2)15-9-5-4-7-13(14)15/h4-5,7,9,14,16H,3,6,8,10-12H2,1-2H3. The van der Waals surface area contributed by atoms with Gasteiger partial charge in [-0.2, -0.15) is 0 Å². The van der Waals surface area contributed by atoms with E-state index < -0.39 is 0 Å². The molecule has 100 valence electrons. The smallest absolute Gasteiger partial charge is 0.0637 e. The van der Waals surface area contributed by atoms with Crippen LogP contribution in [0.15, 0.2) is 24.3 Å². The van der Waals surface area contributed by atoms with Crippen molar-refractivity contribution in [1.29, 1.82) is 0 Å². The summed E-state index contributed by atoms with van der Waals surface area (Å²) in [5, 5.41) is 3.60. The first kappa shape index (κ1) is 13.4. The molecule has 1 atom stereocenters. The third-order valence-corrected chi connectivity index (χ3v) is 3.59. The maximum atomic E-state index is 5.22. The van der Waals surface area contributed by atoms with E-state index >= 15 is 0 Å². The van der Waals surface area contributed by atoms with Gasteiger partial charge in [-0.25, -0.2) is 0 Å². The van der Waals surface area contributed by atoms with Crippen LogP contribution in [0.3, 0.4) is 0 Å². The van der Waals surface area contributed by atoms with Crippen molar-refractivity contribution in [1.82, 2.24) is 5.32 Å². The van der Waals surface area contributed by atoms with Gasteiger partial charge in [-0.15, -0.1) is 0 Å². The van der Waals surface area contributed by atoms with E-state index in [1.54, 1.807) is 7.11 Å². The highest BCUT2D eigenvalue weighted by Gasteiger charge is 2.21. The number of nitrogens with zero attached hydrogens (tertiary/aromatic N) is 1. The van der Waals surface area contributed by atoms with E-state index in [4.69, 9.17) is 4.74 Å². The van der Waals surface area contributed by atoms with E-state index in [-0.39, 0.29) is 0 Å². The lowest BCUT2D eigenvalue weighted by atomic mass is 10.0. The van der Waals surface area contributed by atoms with E-state index in [0.717, 1.165) is 26.2 Å². The predicted octanol–water partition coefficient (Wildman–Crippen LogP) is 2.58.